The first-order chi connectivity index (χ1) is 11.7. The van der Waals surface area contributed by atoms with Crippen molar-refractivity contribution in [3.63, 3.8) is 0 Å². The SMILES string of the molecule is O=C(CCC1CCCC1)C1=C[SH](c2ccc3c(c2)CCC3=O)C=C1. The van der Waals surface area contributed by atoms with Gasteiger partial charge in [0.25, 0.3) is 0 Å². The van der Waals surface area contributed by atoms with Gasteiger partial charge in [-0.25, -0.2) is 0 Å². The maximum Gasteiger partial charge on any atom is 0.163 e. The van der Waals surface area contributed by atoms with Crippen LogP contribution in [-0.4, -0.2) is 11.6 Å². The van der Waals surface area contributed by atoms with Crippen LogP contribution < -0.4 is 0 Å². The first kappa shape index (κ1) is 15.9. The van der Waals surface area contributed by atoms with Crippen molar-refractivity contribution in [2.45, 2.75) is 56.3 Å². The molecule has 3 heteroatoms. The molecule has 1 atom stereocenters. The Morgan fingerprint density at radius 1 is 1.17 bits per heavy atom. The number of ketones is 2. The molecule has 1 unspecified atom stereocenters. The lowest BCUT2D eigenvalue weighted by molar-refractivity contribution is -0.115. The molecule has 4 rings (SSSR count). The fraction of sp³-hybridized carbons (Fsp3) is 0.429. The third-order valence-electron chi connectivity index (χ3n) is 5.58. The highest BCUT2D eigenvalue weighted by Crippen LogP contribution is 2.45. The smallest absolute Gasteiger partial charge is 0.163 e. The molecule has 0 bridgehead atoms. The first-order valence-electron chi connectivity index (χ1n) is 9.08. The molecule has 0 spiro atoms. The van der Waals surface area contributed by atoms with Crippen LogP contribution in [0, 0.1) is 5.92 Å². The number of hydrogen-bond acceptors (Lipinski definition) is 2. The fourth-order valence-electron chi connectivity index (χ4n) is 4.10. The standard InChI is InChI=1S/C21H24O2S/c22-20(9-5-15-3-1-2-4-15)17-11-12-24(14-17)18-7-8-19-16(13-18)6-10-21(19)23/h7-8,11-15,24H,1-6,9-10H2. The van der Waals surface area contributed by atoms with Crippen LogP contribution in [0.1, 0.15) is 60.9 Å². The summed E-state index contributed by atoms with van der Waals surface area (Å²) < 4.78 is 0. The zero-order valence-corrected chi connectivity index (χ0v) is 14.9. The van der Waals surface area contributed by atoms with Gasteiger partial charge in [-0.2, -0.15) is 10.9 Å². The second-order valence-electron chi connectivity index (χ2n) is 7.18. The second kappa shape index (κ2) is 6.72. The second-order valence-corrected chi connectivity index (χ2v) is 9.07. The summed E-state index contributed by atoms with van der Waals surface area (Å²) in [5.41, 5.74) is 2.98. The van der Waals surface area contributed by atoms with Crippen LogP contribution in [0.25, 0.3) is 0 Å². The van der Waals surface area contributed by atoms with Crippen molar-refractivity contribution in [1.82, 2.24) is 0 Å². The van der Waals surface area contributed by atoms with E-state index < -0.39 is 10.9 Å². The number of carbonyl (C=O) groups excluding carboxylic acids is 2. The molecular weight excluding hydrogens is 316 g/mol. The molecule has 3 aliphatic rings. The van der Waals surface area contributed by atoms with E-state index in [4.69, 9.17) is 0 Å². The van der Waals surface area contributed by atoms with E-state index in [0.717, 1.165) is 29.9 Å². The number of aryl methyl sites for hydroxylation is 1. The Balaban J connectivity index is 1.42. The maximum atomic E-state index is 12.5. The van der Waals surface area contributed by atoms with Gasteiger partial charge in [-0.15, -0.1) is 0 Å². The minimum absolute atomic E-state index is 0.268. The maximum absolute atomic E-state index is 12.5. The van der Waals surface area contributed by atoms with Gasteiger partial charge in [0, 0.05) is 24.0 Å². The highest BCUT2D eigenvalue weighted by molar-refractivity contribution is 8.22. The number of carbonyl (C=O) groups is 2. The quantitative estimate of drug-likeness (QED) is 0.754. The van der Waals surface area contributed by atoms with E-state index in [1.807, 2.05) is 12.1 Å². The average Bonchev–Trinajstić information content (AvgIpc) is 3.34. The monoisotopic (exact) mass is 340 g/mol. The largest absolute Gasteiger partial charge is 0.294 e. The molecular formula is C21H24O2S. The molecule has 0 radical (unpaired) electrons. The minimum atomic E-state index is -0.528. The lowest BCUT2D eigenvalue weighted by Gasteiger charge is -2.12. The van der Waals surface area contributed by atoms with Crippen LogP contribution in [0.5, 0.6) is 0 Å². The van der Waals surface area contributed by atoms with Crippen LogP contribution >= 0.6 is 10.9 Å². The molecule has 2 aliphatic carbocycles. The molecule has 2 nitrogen and oxygen atoms in total. The zero-order valence-electron chi connectivity index (χ0n) is 14.0. The van der Waals surface area contributed by atoms with Crippen molar-refractivity contribution in [3.05, 3.63) is 51.8 Å². The molecule has 1 aliphatic heterocycles. The number of rotatable bonds is 5. The number of thiol groups is 1. The van der Waals surface area contributed by atoms with E-state index in [1.165, 1.54) is 36.1 Å². The van der Waals surface area contributed by atoms with Crippen molar-refractivity contribution in [2.75, 3.05) is 0 Å². The van der Waals surface area contributed by atoms with Crippen molar-refractivity contribution >= 4 is 22.5 Å². The predicted octanol–water partition coefficient (Wildman–Crippen LogP) is 5.13. The third kappa shape index (κ3) is 3.14. The van der Waals surface area contributed by atoms with Gasteiger partial charge < -0.3 is 0 Å². The summed E-state index contributed by atoms with van der Waals surface area (Å²) in [6, 6.07) is 6.23. The van der Waals surface area contributed by atoms with Gasteiger partial charge in [-0.05, 0) is 58.2 Å². The molecule has 1 fully saturated rings. The van der Waals surface area contributed by atoms with Gasteiger partial charge in [0.2, 0.25) is 0 Å². The van der Waals surface area contributed by atoms with Gasteiger partial charge >= 0.3 is 0 Å². The van der Waals surface area contributed by atoms with Gasteiger partial charge in [0.15, 0.2) is 11.6 Å². The lowest BCUT2D eigenvalue weighted by atomic mass is 9.98. The van der Waals surface area contributed by atoms with Gasteiger partial charge in [-0.1, -0.05) is 31.7 Å². The Hall–Kier alpha value is -1.61. The Morgan fingerprint density at radius 2 is 2.00 bits per heavy atom. The van der Waals surface area contributed by atoms with Crippen molar-refractivity contribution < 1.29 is 9.59 Å². The summed E-state index contributed by atoms with van der Waals surface area (Å²) in [6.07, 6.45) is 10.6. The van der Waals surface area contributed by atoms with E-state index >= 15 is 0 Å². The van der Waals surface area contributed by atoms with Gasteiger partial charge in [0.1, 0.15) is 0 Å². The molecule has 24 heavy (non-hydrogen) atoms. The molecule has 0 saturated heterocycles. The lowest BCUT2D eigenvalue weighted by Crippen LogP contribution is -2.03. The van der Waals surface area contributed by atoms with E-state index in [-0.39, 0.29) is 5.78 Å². The molecule has 1 saturated carbocycles. The van der Waals surface area contributed by atoms with Crippen molar-refractivity contribution in [2.24, 2.45) is 5.92 Å². The summed E-state index contributed by atoms with van der Waals surface area (Å²) in [5.74, 6) is 1.35. The first-order valence-corrected chi connectivity index (χ1v) is 10.6. The Labute approximate surface area is 146 Å². The van der Waals surface area contributed by atoms with E-state index in [1.54, 1.807) is 0 Å². The van der Waals surface area contributed by atoms with Crippen molar-refractivity contribution in [1.29, 1.82) is 0 Å². The normalized spacial score (nSPS) is 24.4. The van der Waals surface area contributed by atoms with Crippen LogP contribution in [-0.2, 0) is 11.2 Å². The minimum Gasteiger partial charge on any atom is -0.294 e. The summed E-state index contributed by atoms with van der Waals surface area (Å²) in [5, 5.41) is 4.33. The van der Waals surface area contributed by atoms with E-state index in [2.05, 4.69) is 22.9 Å². The molecule has 1 aromatic rings. The highest BCUT2D eigenvalue weighted by atomic mass is 32.2. The Bertz CT molecular complexity index is 738. The molecule has 0 aromatic heterocycles. The summed E-state index contributed by atoms with van der Waals surface area (Å²) in [6.45, 7) is 0. The van der Waals surface area contributed by atoms with E-state index in [0.29, 0.717) is 18.6 Å². The van der Waals surface area contributed by atoms with Crippen molar-refractivity contribution in [3.8, 4) is 0 Å². The number of Topliss-reactive ketones (excluding diaryl/α,β-unsaturated/α-hetero) is 2. The summed E-state index contributed by atoms with van der Waals surface area (Å²) in [7, 11) is -0.528. The molecule has 1 heterocycles. The molecule has 0 N–H and O–H groups in total. The van der Waals surface area contributed by atoms with Crippen LogP contribution in [0.2, 0.25) is 0 Å². The number of hydrogen-bond donors (Lipinski definition) is 1. The van der Waals surface area contributed by atoms with Gasteiger partial charge in [0.05, 0.1) is 0 Å². The topological polar surface area (TPSA) is 34.1 Å². The Morgan fingerprint density at radius 3 is 2.83 bits per heavy atom. The van der Waals surface area contributed by atoms with E-state index in [9.17, 15) is 9.59 Å². The number of fused-ring (bicyclic) bond motifs is 1. The van der Waals surface area contributed by atoms with Crippen LogP contribution in [0.15, 0.2) is 45.6 Å². The molecule has 1 aromatic carbocycles. The fourth-order valence-corrected chi connectivity index (χ4v) is 5.91. The Kier molecular flexibility index (Phi) is 4.45. The predicted molar refractivity (Wildman–Crippen MR) is 99.8 cm³/mol. The number of benzene rings is 1. The van der Waals surface area contributed by atoms with Crippen LogP contribution in [0.4, 0.5) is 0 Å². The van der Waals surface area contributed by atoms with Crippen LogP contribution in [0.3, 0.4) is 0 Å². The number of allylic oxidation sites excluding steroid dienone is 2. The van der Waals surface area contributed by atoms with Gasteiger partial charge in [-0.3, -0.25) is 9.59 Å². The average molecular weight is 340 g/mol. The molecule has 0 amide bonds. The zero-order chi connectivity index (χ0) is 16.5. The third-order valence-corrected chi connectivity index (χ3v) is 7.48. The molecule has 126 valence electrons. The summed E-state index contributed by atoms with van der Waals surface area (Å²) in [4.78, 5) is 25.5. The summed E-state index contributed by atoms with van der Waals surface area (Å²) >= 11 is 0. The highest BCUT2D eigenvalue weighted by Gasteiger charge is 2.22.